The number of anilines is 1. The van der Waals surface area contributed by atoms with Crippen LogP contribution in [-0.4, -0.2) is 31.7 Å². The molecule has 1 saturated heterocycles. The molecule has 6 heteroatoms. The highest BCUT2D eigenvalue weighted by molar-refractivity contribution is 7.89. The van der Waals surface area contributed by atoms with Crippen LogP contribution in [0.3, 0.4) is 0 Å². The summed E-state index contributed by atoms with van der Waals surface area (Å²) >= 11 is 0. The number of sulfonamides is 1. The highest BCUT2D eigenvalue weighted by Gasteiger charge is 2.40. The Labute approximate surface area is 156 Å². The summed E-state index contributed by atoms with van der Waals surface area (Å²) in [7, 11) is -3.47. The maximum absolute atomic E-state index is 12.8. The second kappa shape index (κ2) is 7.31. The van der Waals surface area contributed by atoms with Crippen LogP contribution in [0.4, 0.5) is 5.69 Å². The number of nitrogens with zero attached hydrogens (tertiary/aromatic N) is 1. The van der Waals surface area contributed by atoms with E-state index in [1.165, 1.54) is 25.7 Å². The van der Waals surface area contributed by atoms with E-state index < -0.39 is 10.0 Å². The van der Waals surface area contributed by atoms with Crippen molar-refractivity contribution in [2.24, 2.45) is 17.8 Å². The van der Waals surface area contributed by atoms with Gasteiger partial charge in [-0.05, 0) is 68.1 Å². The number of carbonyl (C=O) groups is 1. The summed E-state index contributed by atoms with van der Waals surface area (Å²) in [6.07, 6.45) is 8.56. The molecule has 0 spiro atoms. The largest absolute Gasteiger partial charge is 0.326 e. The van der Waals surface area contributed by atoms with Gasteiger partial charge in [0.15, 0.2) is 0 Å². The van der Waals surface area contributed by atoms with Crippen LogP contribution in [-0.2, 0) is 14.8 Å². The second-order valence-electron chi connectivity index (χ2n) is 8.18. The summed E-state index contributed by atoms with van der Waals surface area (Å²) in [5.41, 5.74) is 0.580. The zero-order chi connectivity index (χ0) is 18.1. The van der Waals surface area contributed by atoms with Crippen molar-refractivity contribution in [2.75, 3.05) is 18.4 Å². The Morgan fingerprint density at radius 2 is 1.92 bits per heavy atom. The molecule has 5 nitrogen and oxygen atoms in total. The van der Waals surface area contributed by atoms with E-state index in [-0.39, 0.29) is 10.8 Å². The van der Waals surface area contributed by atoms with Gasteiger partial charge in [-0.1, -0.05) is 18.9 Å². The van der Waals surface area contributed by atoms with Gasteiger partial charge < -0.3 is 5.32 Å². The number of hydrogen-bond donors (Lipinski definition) is 1. The Kier molecular flexibility index (Phi) is 5.06. The first-order chi connectivity index (χ1) is 12.5. The average Bonchev–Trinajstić information content (AvgIpc) is 3.25. The summed E-state index contributed by atoms with van der Waals surface area (Å²) in [5, 5.41) is 2.92. The topological polar surface area (TPSA) is 66.5 Å². The van der Waals surface area contributed by atoms with Crippen LogP contribution >= 0.6 is 0 Å². The molecule has 1 aliphatic heterocycles. The van der Waals surface area contributed by atoms with E-state index >= 15 is 0 Å². The third-order valence-corrected chi connectivity index (χ3v) is 8.30. The highest BCUT2D eigenvalue weighted by Crippen LogP contribution is 2.49. The van der Waals surface area contributed by atoms with Gasteiger partial charge in [0.05, 0.1) is 4.90 Å². The standard InChI is InChI=1S/C20H28N2O3S/c23-20(13-17-12-15-7-8-16(17)11-15)21-18-5-4-6-19(14-18)26(24,25)22-9-2-1-3-10-22/h4-6,14-17H,1-3,7-13H2,(H,21,23)/t15-,16-,17+/m1/s1. The lowest BCUT2D eigenvalue weighted by Gasteiger charge is -2.26. The van der Waals surface area contributed by atoms with Gasteiger partial charge in [0.2, 0.25) is 15.9 Å². The number of amides is 1. The lowest BCUT2D eigenvalue weighted by molar-refractivity contribution is -0.117. The minimum absolute atomic E-state index is 0.00932. The number of benzene rings is 1. The average molecular weight is 377 g/mol. The molecule has 3 aliphatic rings. The molecular weight excluding hydrogens is 348 g/mol. The first-order valence-electron chi connectivity index (χ1n) is 9.92. The number of rotatable bonds is 5. The summed E-state index contributed by atoms with van der Waals surface area (Å²) in [6, 6.07) is 6.70. The molecular formula is C20H28N2O3S. The van der Waals surface area contributed by atoms with Gasteiger partial charge in [-0.2, -0.15) is 4.31 Å². The monoisotopic (exact) mass is 376 g/mol. The van der Waals surface area contributed by atoms with Gasteiger partial charge in [-0.15, -0.1) is 0 Å². The van der Waals surface area contributed by atoms with Crippen molar-refractivity contribution < 1.29 is 13.2 Å². The van der Waals surface area contributed by atoms with Gasteiger partial charge in [-0.3, -0.25) is 4.79 Å². The molecule has 1 aromatic rings. The maximum Gasteiger partial charge on any atom is 0.243 e. The third-order valence-electron chi connectivity index (χ3n) is 6.40. The molecule has 2 aliphatic carbocycles. The molecule has 2 bridgehead atoms. The number of nitrogens with one attached hydrogen (secondary N) is 1. The molecule has 1 aromatic carbocycles. The summed E-state index contributed by atoms with van der Waals surface area (Å²) < 4.78 is 27.2. The molecule has 26 heavy (non-hydrogen) atoms. The van der Waals surface area contributed by atoms with E-state index in [1.807, 2.05) is 0 Å². The van der Waals surface area contributed by atoms with E-state index in [4.69, 9.17) is 0 Å². The van der Waals surface area contributed by atoms with E-state index in [0.29, 0.717) is 31.1 Å². The van der Waals surface area contributed by atoms with Crippen molar-refractivity contribution in [3.63, 3.8) is 0 Å². The molecule has 0 unspecified atom stereocenters. The zero-order valence-corrected chi connectivity index (χ0v) is 16.0. The van der Waals surface area contributed by atoms with Gasteiger partial charge >= 0.3 is 0 Å². The Morgan fingerprint density at radius 1 is 1.12 bits per heavy atom. The third kappa shape index (κ3) is 3.67. The lowest BCUT2D eigenvalue weighted by Crippen LogP contribution is -2.35. The maximum atomic E-state index is 12.8. The smallest absolute Gasteiger partial charge is 0.243 e. The normalized spacial score (nSPS) is 29.0. The summed E-state index contributed by atoms with van der Waals surface area (Å²) in [5.74, 6) is 2.07. The van der Waals surface area contributed by atoms with Crippen LogP contribution in [0.5, 0.6) is 0 Å². The molecule has 0 aromatic heterocycles. The van der Waals surface area contributed by atoms with E-state index in [1.54, 1.807) is 28.6 Å². The minimum Gasteiger partial charge on any atom is -0.326 e. The van der Waals surface area contributed by atoms with Crippen molar-refractivity contribution in [1.82, 2.24) is 4.31 Å². The predicted molar refractivity (Wildman–Crippen MR) is 101 cm³/mol. The molecule has 1 amide bonds. The SMILES string of the molecule is O=C(C[C@@H]1C[C@@H]2CC[C@@H]1C2)Nc1cccc(S(=O)(=O)N2CCCCC2)c1. The van der Waals surface area contributed by atoms with Crippen LogP contribution in [0, 0.1) is 17.8 Å². The van der Waals surface area contributed by atoms with Crippen molar-refractivity contribution in [2.45, 2.75) is 56.3 Å². The van der Waals surface area contributed by atoms with Crippen LogP contribution in [0.2, 0.25) is 0 Å². The fourth-order valence-corrected chi connectivity index (χ4v) is 6.63. The van der Waals surface area contributed by atoms with Crippen LogP contribution < -0.4 is 5.32 Å². The quantitative estimate of drug-likeness (QED) is 0.853. The molecule has 142 valence electrons. The predicted octanol–water partition coefficient (Wildman–Crippen LogP) is 3.63. The Morgan fingerprint density at radius 3 is 2.62 bits per heavy atom. The molecule has 4 rings (SSSR count). The second-order valence-corrected chi connectivity index (χ2v) is 10.1. The fraction of sp³-hybridized carbons (Fsp3) is 0.650. The van der Waals surface area contributed by atoms with Gasteiger partial charge in [0.1, 0.15) is 0 Å². The lowest BCUT2D eigenvalue weighted by atomic mass is 9.86. The minimum atomic E-state index is -3.47. The molecule has 1 heterocycles. The summed E-state index contributed by atoms with van der Waals surface area (Å²) in [6.45, 7) is 1.17. The van der Waals surface area contributed by atoms with Crippen molar-refractivity contribution in [1.29, 1.82) is 0 Å². The molecule has 0 radical (unpaired) electrons. The molecule has 2 saturated carbocycles. The van der Waals surface area contributed by atoms with E-state index in [0.717, 1.165) is 31.1 Å². The first-order valence-corrected chi connectivity index (χ1v) is 11.4. The number of piperidine rings is 1. The van der Waals surface area contributed by atoms with Crippen molar-refractivity contribution in [3.05, 3.63) is 24.3 Å². The van der Waals surface area contributed by atoms with Crippen LogP contribution in [0.25, 0.3) is 0 Å². The number of fused-ring (bicyclic) bond motifs is 2. The highest BCUT2D eigenvalue weighted by atomic mass is 32.2. The Balaban J connectivity index is 1.41. The fourth-order valence-electron chi connectivity index (χ4n) is 5.07. The molecule has 1 N–H and O–H groups in total. The Hall–Kier alpha value is -1.40. The van der Waals surface area contributed by atoms with Crippen molar-refractivity contribution in [3.8, 4) is 0 Å². The van der Waals surface area contributed by atoms with Crippen molar-refractivity contribution >= 4 is 21.6 Å². The van der Waals surface area contributed by atoms with E-state index in [2.05, 4.69) is 5.32 Å². The van der Waals surface area contributed by atoms with Gasteiger partial charge in [0.25, 0.3) is 0 Å². The van der Waals surface area contributed by atoms with Gasteiger partial charge in [0, 0.05) is 25.2 Å². The Bertz CT molecular complexity index is 771. The summed E-state index contributed by atoms with van der Waals surface area (Å²) in [4.78, 5) is 12.7. The van der Waals surface area contributed by atoms with E-state index in [9.17, 15) is 13.2 Å². The number of carbonyl (C=O) groups excluding carboxylic acids is 1. The first kappa shape index (κ1) is 18.0. The van der Waals surface area contributed by atoms with Crippen LogP contribution in [0.15, 0.2) is 29.2 Å². The van der Waals surface area contributed by atoms with Gasteiger partial charge in [-0.25, -0.2) is 8.42 Å². The molecule has 3 atom stereocenters. The number of hydrogen-bond acceptors (Lipinski definition) is 3. The van der Waals surface area contributed by atoms with Crippen LogP contribution in [0.1, 0.15) is 51.4 Å². The molecule has 3 fully saturated rings. The zero-order valence-electron chi connectivity index (χ0n) is 15.2.